The van der Waals surface area contributed by atoms with Crippen LogP contribution in [0.1, 0.15) is 116 Å². The second kappa shape index (κ2) is 21.2. The Balaban J connectivity index is 0.933. The van der Waals surface area contributed by atoms with Gasteiger partial charge in [0.25, 0.3) is 0 Å². The van der Waals surface area contributed by atoms with Gasteiger partial charge in [-0.3, -0.25) is 0 Å². The molecule has 0 aliphatic carbocycles. The van der Waals surface area contributed by atoms with E-state index in [2.05, 4.69) is 46.6 Å². The molecule has 0 fully saturated rings. The van der Waals surface area contributed by atoms with Gasteiger partial charge in [0.2, 0.25) is 0 Å². The van der Waals surface area contributed by atoms with Crippen LogP contribution >= 0.6 is 0 Å². The molecule has 6 atom stereocenters. The summed E-state index contributed by atoms with van der Waals surface area (Å²) in [5.74, 6) is -2.00. The Morgan fingerprint density at radius 3 is 1.63 bits per heavy atom. The number of para-hydroxylation sites is 1. The maximum atomic E-state index is 14.6. The zero-order chi connectivity index (χ0) is 53.5. The molecule has 0 saturated carbocycles. The lowest BCUT2D eigenvalue weighted by atomic mass is 9.82. The third kappa shape index (κ3) is 10.4. The summed E-state index contributed by atoms with van der Waals surface area (Å²) < 4.78 is 110. The van der Waals surface area contributed by atoms with E-state index in [0.29, 0.717) is 54.1 Å². The van der Waals surface area contributed by atoms with Crippen molar-refractivity contribution >= 4 is 33.5 Å². The summed E-state index contributed by atoms with van der Waals surface area (Å²) in [6, 6.07) is 46.8. The number of carbonyl (C=O) groups excluding carboxylic acids is 2. The van der Waals surface area contributed by atoms with Crippen LogP contribution in [0, 0.1) is 0 Å². The molecule has 8 aromatic rings. The molecule has 0 radical (unpaired) electrons. The second-order valence-electron chi connectivity index (χ2n) is 19.5. The van der Waals surface area contributed by atoms with E-state index in [4.69, 9.17) is 14.2 Å². The van der Waals surface area contributed by atoms with Crippen LogP contribution in [0.15, 0.2) is 158 Å². The molecule has 76 heavy (non-hydrogen) atoms. The van der Waals surface area contributed by atoms with Crippen molar-refractivity contribution in [2.75, 3.05) is 27.3 Å². The number of halogens is 6. The quantitative estimate of drug-likeness (QED) is 0.0871. The number of methoxy groups -OCH3 is 2. The monoisotopic (exact) mass is 1040 g/mol. The van der Waals surface area contributed by atoms with Crippen molar-refractivity contribution in [3.63, 3.8) is 0 Å². The van der Waals surface area contributed by atoms with Crippen molar-refractivity contribution in [2.45, 2.75) is 75.2 Å². The van der Waals surface area contributed by atoms with E-state index in [1.54, 1.807) is 12.1 Å². The molecule has 2 aliphatic heterocycles. The van der Waals surface area contributed by atoms with Gasteiger partial charge in [-0.15, -0.1) is 0 Å². The fourth-order valence-corrected chi connectivity index (χ4v) is 11.1. The van der Waals surface area contributed by atoms with Gasteiger partial charge in [-0.2, -0.15) is 26.3 Å². The molecular formula is C62H54F6N2O6. The summed E-state index contributed by atoms with van der Waals surface area (Å²) >= 11 is 0. The highest BCUT2D eigenvalue weighted by Gasteiger charge is 2.40. The summed E-state index contributed by atoms with van der Waals surface area (Å²) in [5, 5.41) is 11.4. The minimum atomic E-state index is -4.82. The number of ether oxygens (including phenoxy) is 4. The van der Waals surface area contributed by atoms with Gasteiger partial charge in [0.05, 0.1) is 36.5 Å². The first-order chi connectivity index (χ1) is 36.5. The first-order valence-electron chi connectivity index (χ1n) is 25.1. The average molecular weight is 1040 g/mol. The van der Waals surface area contributed by atoms with E-state index in [-0.39, 0.29) is 12.1 Å². The van der Waals surface area contributed by atoms with Crippen LogP contribution in [-0.4, -0.2) is 51.5 Å². The van der Waals surface area contributed by atoms with Crippen LogP contribution in [0.5, 0.6) is 11.5 Å². The summed E-state index contributed by atoms with van der Waals surface area (Å²) in [6.45, 7) is 4.88. The Bertz CT molecular complexity index is 3480. The molecule has 8 nitrogen and oxygen atoms in total. The molecule has 2 N–H and O–H groups in total. The molecule has 0 spiro atoms. The van der Waals surface area contributed by atoms with Crippen LogP contribution in [0.2, 0.25) is 0 Å². The zero-order valence-corrected chi connectivity index (χ0v) is 42.0. The molecule has 10 rings (SSSR count). The Morgan fingerprint density at radius 2 is 1.03 bits per heavy atom. The predicted molar refractivity (Wildman–Crippen MR) is 280 cm³/mol. The highest BCUT2D eigenvalue weighted by molar-refractivity contribution is 5.99. The molecule has 0 unspecified atom stereocenters. The standard InChI is InChI=1S/C62H54F6N2O6/c1-35(43-16-9-13-37-12-5-6-14-45(37)43)69-34-42-32-54(39-24-27-52(60(72)74-4)56(29-39)62(66,67)68)50-25-22-40(30-58(50)76-42)46-18-11-19-47-44(17-10-20-48(46)47)36(2)70-33-41-31-53(49-15-7-8-21-57(49)75-41)38-23-26-51(59(71)73-3)55(28-38)61(63,64)65/h5-30,35-36,41-42,53-54,69-70H,31-34H2,1-4H3/t35-,36-,41-,42-,53-,54+/m1/s1. The number of benzene rings is 8. The zero-order valence-electron chi connectivity index (χ0n) is 42.0. The van der Waals surface area contributed by atoms with E-state index in [0.717, 1.165) is 75.7 Å². The van der Waals surface area contributed by atoms with E-state index >= 15 is 0 Å². The normalized spacial score (nSPS) is 18.2. The smallest absolute Gasteiger partial charge is 0.417 e. The summed E-state index contributed by atoms with van der Waals surface area (Å²) in [7, 11) is 2.10. The molecular weight excluding hydrogens is 983 g/mol. The third-order valence-corrected chi connectivity index (χ3v) is 14.9. The number of hydrogen-bond donors (Lipinski definition) is 2. The van der Waals surface area contributed by atoms with Crippen molar-refractivity contribution < 1.29 is 54.9 Å². The SMILES string of the molecule is COC(=O)c1ccc([C@H]2C[C@H](CN[C@H](C)c3cccc4c(-c5ccc6c(c5)O[C@@H](CN[C@H](C)c5cccc7ccccc57)C[C@H]6c5ccc(C(=O)OC)c(C(F)(F)F)c5)cccc34)Oc3ccccc32)cc1C(F)(F)F. The molecule has 8 aromatic carbocycles. The van der Waals surface area contributed by atoms with Gasteiger partial charge >= 0.3 is 24.3 Å². The number of hydrogen-bond acceptors (Lipinski definition) is 8. The maximum Gasteiger partial charge on any atom is 0.417 e. The van der Waals surface area contributed by atoms with E-state index in [9.17, 15) is 35.9 Å². The fourth-order valence-electron chi connectivity index (χ4n) is 11.1. The van der Waals surface area contributed by atoms with Crippen LogP contribution < -0.4 is 20.1 Å². The number of carbonyl (C=O) groups is 2. The van der Waals surface area contributed by atoms with Gasteiger partial charge in [0.15, 0.2) is 0 Å². The van der Waals surface area contributed by atoms with Gasteiger partial charge in [0, 0.05) is 48.1 Å². The first-order valence-corrected chi connectivity index (χ1v) is 25.1. The molecule has 2 aliphatic rings. The fraction of sp³-hybridized carbons (Fsp3) is 0.258. The molecule has 0 aromatic heterocycles. The molecule has 0 amide bonds. The lowest BCUT2D eigenvalue weighted by Crippen LogP contribution is -2.37. The predicted octanol–water partition coefficient (Wildman–Crippen LogP) is 14.5. The van der Waals surface area contributed by atoms with Gasteiger partial charge < -0.3 is 29.6 Å². The Hall–Kier alpha value is -7.68. The van der Waals surface area contributed by atoms with Crippen LogP contribution in [-0.2, 0) is 21.8 Å². The Labute approximate surface area is 436 Å². The summed E-state index contributed by atoms with van der Waals surface area (Å²) in [4.78, 5) is 24.9. The third-order valence-electron chi connectivity index (χ3n) is 14.9. The molecule has 390 valence electrons. The van der Waals surface area contributed by atoms with Gasteiger partial charge in [-0.1, -0.05) is 121 Å². The first kappa shape index (κ1) is 51.8. The van der Waals surface area contributed by atoms with E-state index < -0.39 is 70.6 Å². The maximum absolute atomic E-state index is 14.6. The van der Waals surface area contributed by atoms with E-state index in [1.807, 2.05) is 104 Å². The number of alkyl halides is 6. The lowest BCUT2D eigenvalue weighted by Gasteiger charge is -2.34. The topological polar surface area (TPSA) is 95.1 Å². The van der Waals surface area contributed by atoms with Crippen LogP contribution in [0.3, 0.4) is 0 Å². The lowest BCUT2D eigenvalue weighted by molar-refractivity contribution is -0.138. The largest absolute Gasteiger partial charge is 0.489 e. The number of nitrogens with one attached hydrogen (secondary N) is 2. The molecule has 14 heteroatoms. The highest BCUT2D eigenvalue weighted by atomic mass is 19.4. The Kier molecular flexibility index (Phi) is 14.4. The molecule has 0 saturated heterocycles. The van der Waals surface area contributed by atoms with Crippen LogP contribution in [0.4, 0.5) is 26.3 Å². The highest BCUT2D eigenvalue weighted by Crippen LogP contribution is 2.47. The van der Waals surface area contributed by atoms with Crippen molar-refractivity contribution in [1.82, 2.24) is 10.6 Å². The minimum absolute atomic E-state index is 0.0867. The van der Waals surface area contributed by atoms with Gasteiger partial charge in [0.1, 0.15) is 23.7 Å². The summed E-state index contributed by atoms with van der Waals surface area (Å²) in [5.41, 5.74) is 2.88. The minimum Gasteiger partial charge on any atom is -0.489 e. The number of esters is 2. The van der Waals surface area contributed by atoms with Gasteiger partial charge in [-0.25, -0.2) is 9.59 Å². The van der Waals surface area contributed by atoms with Crippen molar-refractivity contribution in [3.05, 3.63) is 213 Å². The van der Waals surface area contributed by atoms with Gasteiger partial charge in [-0.05, 0) is 118 Å². The van der Waals surface area contributed by atoms with Crippen LogP contribution in [0.25, 0.3) is 32.7 Å². The summed E-state index contributed by atoms with van der Waals surface area (Å²) in [6.07, 6.45) is -9.75. The van der Waals surface area contributed by atoms with Crippen molar-refractivity contribution in [2.24, 2.45) is 0 Å². The average Bonchev–Trinajstić information content (AvgIpc) is 3.46. The molecule has 2 heterocycles. The van der Waals surface area contributed by atoms with E-state index in [1.165, 1.54) is 12.1 Å². The molecule has 0 bridgehead atoms. The van der Waals surface area contributed by atoms with Crippen molar-refractivity contribution in [1.29, 1.82) is 0 Å². The number of rotatable bonds is 13. The Morgan fingerprint density at radius 1 is 0.539 bits per heavy atom. The van der Waals surface area contributed by atoms with Crippen molar-refractivity contribution in [3.8, 4) is 22.6 Å². The number of fused-ring (bicyclic) bond motifs is 4. The second-order valence-corrected chi connectivity index (χ2v) is 19.5.